The zero-order valence-corrected chi connectivity index (χ0v) is 9.51. The molecule has 82 valence electrons. The molecule has 1 saturated heterocycles. The number of nitrogens with zero attached hydrogens (tertiary/aromatic N) is 1. The van der Waals surface area contributed by atoms with E-state index in [1.54, 1.807) is 0 Å². The molecule has 2 aliphatic rings. The fourth-order valence-electron chi connectivity index (χ4n) is 2.99. The van der Waals surface area contributed by atoms with Gasteiger partial charge in [-0.25, -0.2) is 0 Å². The molecule has 1 aromatic heterocycles. The Morgan fingerprint density at radius 1 is 1.40 bits per heavy atom. The van der Waals surface area contributed by atoms with Gasteiger partial charge in [-0.15, -0.1) is 0 Å². The number of aromatic nitrogens is 2. The van der Waals surface area contributed by atoms with Gasteiger partial charge in [0, 0.05) is 29.8 Å². The summed E-state index contributed by atoms with van der Waals surface area (Å²) in [6, 6.07) is 1.29. The fourth-order valence-corrected chi connectivity index (χ4v) is 2.99. The molecule has 0 spiro atoms. The normalized spacial score (nSPS) is 28.5. The van der Waals surface area contributed by atoms with Gasteiger partial charge < -0.3 is 5.32 Å². The molecule has 2 bridgehead atoms. The number of hydrogen-bond acceptors (Lipinski definition) is 2. The van der Waals surface area contributed by atoms with Gasteiger partial charge in [0.25, 0.3) is 0 Å². The largest absolute Gasteiger partial charge is 0.307 e. The van der Waals surface area contributed by atoms with Crippen molar-refractivity contribution in [1.29, 1.82) is 0 Å². The topological polar surface area (TPSA) is 40.7 Å². The molecule has 0 saturated carbocycles. The highest BCUT2D eigenvalue weighted by Crippen LogP contribution is 2.37. The van der Waals surface area contributed by atoms with Gasteiger partial charge in [-0.1, -0.05) is 13.8 Å². The van der Waals surface area contributed by atoms with E-state index >= 15 is 0 Å². The molecule has 2 atom stereocenters. The molecule has 1 fully saturated rings. The summed E-state index contributed by atoms with van der Waals surface area (Å²) in [5.74, 6) is 0.691. The van der Waals surface area contributed by atoms with Crippen LogP contribution in [0.15, 0.2) is 0 Å². The maximum Gasteiger partial charge on any atom is 0.0675 e. The molecule has 15 heavy (non-hydrogen) atoms. The van der Waals surface area contributed by atoms with Gasteiger partial charge in [-0.05, 0) is 25.2 Å². The second-order valence-electron chi connectivity index (χ2n) is 5.36. The molecule has 0 amide bonds. The standard InChI is InChI=1S/C12H19N3/c1-7(2)5-10-12-9-4-3-8(13-9)6-11(12)15-14-10/h7-9,13H,3-6H2,1-2H3,(H,14,15). The Hall–Kier alpha value is -0.830. The van der Waals surface area contributed by atoms with Crippen molar-refractivity contribution in [2.45, 2.75) is 51.6 Å². The average Bonchev–Trinajstić information content (AvgIpc) is 2.72. The van der Waals surface area contributed by atoms with E-state index in [1.807, 2.05) is 0 Å². The zero-order chi connectivity index (χ0) is 10.4. The summed E-state index contributed by atoms with van der Waals surface area (Å²) < 4.78 is 0. The molecule has 2 N–H and O–H groups in total. The number of hydrogen-bond donors (Lipinski definition) is 2. The van der Waals surface area contributed by atoms with Crippen molar-refractivity contribution in [2.24, 2.45) is 5.92 Å². The van der Waals surface area contributed by atoms with Crippen molar-refractivity contribution < 1.29 is 0 Å². The smallest absolute Gasteiger partial charge is 0.0675 e. The Balaban J connectivity index is 1.95. The Labute approximate surface area is 90.7 Å². The Kier molecular flexibility index (Phi) is 2.09. The minimum atomic E-state index is 0.589. The van der Waals surface area contributed by atoms with Gasteiger partial charge in [-0.3, -0.25) is 5.10 Å². The van der Waals surface area contributed by atoms with E-state index in [0.717, 1.165) is 12.8 Å². The van der Waals surface area contributed by atoms with Crippen LogP contribution in [0.3, 0.4) is 0 Å². The molecular weight excluding hydrogens is 186 g/mol. The van der Waals surface area contributed by atoms with Crippen molar-refractivity contribution in [3.8, 4) is 0 Å². The summed E-state index contributed by atoms with van der Waals surface area (Å²) >= 11 is 0. The number of rotatable bonds is 2. The first-order chi connectivity index (χ1) is 7.24. The van der Waals surface area contributed by atoms with Crippen LogP contribution in [0.2, 0.25) is 0 Å². The molecule has 0 radical (unpaired) electrons. The highest BCUT2D eigenvalue weighted by atomic mass is 15.2. The van der Waals surface area contributed by atoms with Gasteiger partial charge in [-0.2, -0.15) is 5.10 Å². The molecule has 3 nitrogen and oxygen atoms in total. The van der Waals surface area contributed by atoms with Crippen molar-refractivity contribution >= 4 is 0 Å². The first kappa shape index (κ1) is 9.40. The van der Waals surface area contributed by atoms with E-state index in [1.165, 1.54) is 29.8 Å². The lowest BCUT2D eigenvalue weighted by Crippen LogP contribution is -2.31. The summed E-state index contributed by atoms with van der Waals surface area (Å²) in [5, 5.41) is 11.4. The first-order valence-corrected chi connectivity index (χ1v) is 6.06. The van der Waals surface area contributed by atoms with E-state index in [9.17, 15) is 0 Å². The van der Waals surface area contributed by atoms with Gasteiger partial charge >= 0.3 is 0 Å². The minimum absolute atomic E-state index is 0.589. The summed E-state index contributed by atoms with van der Waals surface area (Å²) in [6.45, 7) is 4.52. The minimum Gasteiger partial charge on any atom is -0.307 e. The van der Waals surface area contributed by atoms with Crippen LogP contribution in [-0.4, -0.2) is 16.2 Å². The molecule has 2 unspecified atom stereocenters. The number of aromatic amines is 1. The average molecular weight is 205 g/mol. The summed E-state index contributed by atoms with van der Waals surface area (Å²) in [5.41, 5.74) is 4.20. The third kappa shape index (κ3) is 1.49. The SMILES string of the molecule is CC(C)Cc1n[nH]c2c1C1CCC(C2)N1. The maximum absolute atomic E-state index is 4.49. The third-order valence-corrected chi connectivity index (χ3v) is 3.60. The zero-order valence-electron chi connectivity index (χ0n) is 9.51. The fraction of sp³-hybridized carbons (Fsp3) is 0.750. The van der Waals surface area contributed by atoms with E-state index in [2.05, 4.69) is 29.4 Å². The van der Waals surface area contributed by atoms with Gasteiger partial charge in [0.2, 0.25) is 0 Å². The molecule has 0 aliphatic carbocycles. The van der Waals surface area contributed by atoms with E-state index < -0.39 is 0 Å². The van der Waals surface area contributed by atoms with Crippen LogP contribution in [0.25, 0.3) is 0 Å². The van der Waals surface area contributed by atoms with E-state index in [-0.39, 0.29) is 0 Å². The van der Waals surface area contributed by atoms with Crippen LogP contribution < -0.4 is 5.32 Å². The molecule has 3 rings (SSSR count). The van der Waals surface area contributed by atoms with Gasteiger partial charge in [0.1, 0.15) is 0 Å². The predicted octanol–water partition coefficient (Wildman–Crippen LogP) is 1.96. The summed E-state index contributed by atoms with van der Waals surface area (Å²) in [7, 11) is 0. The van der Waals surface area contributed by atoms with Crippen molar-refractivity contribution in [3.63, 3.8) is 0 Å². The number of fused-ring (bicyclic) bond motifs is 4. The molecule has 3 heteroatoms. The van der Waals surface area contributed by atoms with E-state index in [4.69, 9.17) is 0 Å². The second kappa shape index (κ2) is 3.34. The highest BCUT2D eigenvalue weighted by Gasteiger charge is 2.35. The van der Waals surface area contributed by atoms with Gasteiger partial charge in [0.15, 0.2) is 0 Å². The Morgan fingerprint density at radius 2 is 2.27 bits per heavy atom. The van der Waals surface area contributed by atoms with Crippen LogP contribution in [0.5, 0.6) is 0 Å². The van der Waals surface area contributed by atoms with Crippen LogP contribution >= 0.6 is 0 Å². The highest BCUT2D eigenvalue weighted by molar-refractivity contribution is 5.34. The molecule has 2 aliphatic heterocycles. The number of nitrogens with one attached hydrogen (secondary N) is 2. The monoisotopic (exact) mass is 205 g/mol. The summed E-state index contributed by atoms with van der Waals surface area (Å²) in [6.07, 6.45) is 4.88. The van der Waals surface area contributed by atoms with Crippen molar-refractivity contribution in [3.05, 3.63) is 17.0 Å². The van der Waals surface area contributed by atoms with E-state index in [0.29, 0.717) is 18.0 Å². The lowest BCUT2D eigenvalue weighted by molar-refractivity contribution is 0.506. The molecule has 1 aromatic rings. The number of H-pyrrole nitrogens is 1. The lowest BCUT2D eigenvalue weighted by atomic mass is 9.96. The summed E-state index contributed by atoms with van der Waals surface area (Å²) in [4.78, 5) is 0. The Bertz CT molecular complexity index is 367. The van der Waals surface area contributed by atoms with Crippen LogP contribution in [0, 0.1) is 5.92 Å². The molecule has 3 heterocycles. The quantitative estimate of drug-likeness (QED) is 0.775. The first-order valence-electron chi connectivity index (χ1n) is 6.06. The third-order valence-electron chi connectivity index (χ3n) is 3.60. The van der Waals surface area contributed by atoms with Gasteiger partial charge in [0.05, 0.1) is 5.69 Å². The second-order valence-corrected chi connectivity index (χ2v) is 5.36. The maximum atomic E-state index is 4.49. The predicted molar refractivity (Wildman–Crippen MR) is 59.7 cm³/mol. The lowest BCUT2D eigenvalue weighted by Gasteiger charge is -2.22. The van der Waals surface area contributed by atoms with Crippen LogP contribution in [0.4, 0.5) is 0 Å². The molecular formula is C12H19N3. The van der Waals surface area contributed by atoms with Crippen LogP contribution in [0.1, 0.15) is 49.7 Å². The van der Waals surface area contributed by atoms with Crippen LogP contribution in [-0.2, 0) is 12.8 Å². The molecule has 0 aromatic carbocycles. The van der Waals surface area contributed by atoms with Crippen molar-refractivity contribution in [1.82, 2.24) is 15.5 Å². The van der Waals surface area contributed by atoms with Crippen molar-refractivity contribution in [2.75, 3.05) is 0 Å². The Morgan fingerprint density at radius 3 is 3.07 bits per heavy atom.